The normalized spacial score (nSPS) is 13.3. The monoisotopic (exact) mass is 408 g/mol. The first-order chi connectivity index (χ1) is 14.5. The van der Waals surface area contributed by atoms with Crippen LogP contribution in [-0.2, 0) is 0 Å². The Morgan fingerprint density at radius 2 is 1.03 bits per heavy atom. The molecule has 3 rings (SSSR count). The van der Waals surface area contributed by atoms with E-state index in [-0.39, 0.29) is 23.5 Å². The summed E-state index contributed by atoms with van der Waals surface area (Å²) in [7, 11) is 0. The van der Waals surface area contributed by atoms with E-state index >= 15 is 0 Å². The molecule has 0 saturated carbocycles. The predicted molar refractivity (Wildman–Crippen MR) is 116 cm³/mol. The van der Waals surface area contributed by atoms with Crippen LogP contribution < -0.4 is 10.6 Å². The van der Waals surface area contributed by atoms with Crippen LogP contribution in [0.15, 0.2) is 84.9 Å². The maximum Gasteiger partial charge on any atom is 0.0653 e. The zero-order chi connectivity index (χ0) is 21.3. The van der Waals surface area contributed by atoms with E-state index in [1.165, 1.54) is 0 Å². The highest BCUT2D eigenvalue weighted by Gasteiger charge is 2.17. The highest BCUT2D eigenvalue weighted by Crippen LogP contribution is 2.26. The molecule has 2 atom stereocenters. The van der Waals surface area contributed by atoms with Gasteiger partial charge >= 0.3 is 0 Å². The number of nitrogens with zero attached hydrogens (tertiary/aromatic N) is 2. The zero-order valence-electron chi connectivity index (χ0n) is 16.3. The molecule has 0 heterocycles. The van der Waals surface area contributed by atoms with Gasteiger partial charge in [0.05, 0.1) is 12.1 Å². The van der Waals surface area contributed by atoms with Crippen LogP contribution >= 0.6 is 0 Å². The van der Waals surface area contributed by atoms with E-state index in [1.54, 1.807) is 0 Å². The van der Waals surface area contributed by atoms with Gasteiger partial charge in [0.1, 0.15) is 0 Å². The fourth-order valence-corrected chi connectivity index (χ4v) is 3.24. The second-order valence-corrected chi connectivity index (χ2v) is 6.87. The first kappa shape index (κ1) is 21.7. The van der Waals surface area contributed by atoms with Gasteiger partial charge in [-0.1, -0.05) is 60.7 Å². The summed E-state index contributed by atoms with van der Waals surface area (Å²) in [6.45, 7) is -0.383. The molecule has 0 aliphatic heterocycles. The van der Waals surface area contributed by atoms with E-state index in [2.05, 4.69) is 10.6 Å². The van der Waals surface area contributed by atoms with Gasteiger partial charge in [0.15, 0.2) is 0 Å². The highest BCUT2D eigenvalue weighted by molar-refractivity contribution is 5.48. The molecule has 0 aliphatic rings. The van der Waals surface area contributed by atoms with Crippen molar-refractivity contribution in [1.29, 1.82) is 0 Å². The molecule has 0 spiro atoms. The molecule has 0 unspecified atom stereocenters. The van der Waals surface area contributed by atoms with Gasteiger partial charge in [-0.05, 0) is 35.4 Å². The Bertz CT molecular complexity index is 823. The summed E-state index contributed by atoms with van der Waals surface area (Å²) in [5, 5.41) is 47.6. The fourth-order valence-electron chi connectivity index (χ4n) is 3.24. The van der Waals surface area contributed by atoms with Crippen LogP contribution in [-0.4, -0.2) is 34.0 Å². The third-order valence-corrected chi connectivity index (χ3v) is 4.62. The number of nitrogens with one attached hydrogen (secondary N) is 2. The second-order valence-electron chi connectivity index (χ2n) is 6.87. The molecular weight excluding hydrogens is 384 g/mol. The maximum atomic E-state index is 11.4. The number of anilines is 2. The van der Waals surface area contributed by atoms with Gasteiger partial charge in [-0.25, -0.2) is 0 Å². The van der Waals surface area contributed by atoms with Crippen molar-refractivity contribution in [3.8, 4) is 0 Å². The number of hydroxylamine groups is 4. The van der Waals surface area contributed by atoms with Gasteiger partial charge in [0.2, 0.25) is 0 Å². The quantitative estimate of drug-likeness (QED) is 0.365. The van der Waals surface area contributed by atoms with Gasteiger partial charge in [0.25, 0.3) is 0 Å². The maximum absolute atomic E-state index is 11.4. The molecule has 0 amide bonds. The van der Waals surface area contributed by atoms with Gasteiger partial charge in [-0.2, -0.15) is 0 Å². The minimum absolute atomic E-state index is 0.111. The van der Waals surface area contributed by atoms with Crippen LogP contribution in [0, 0.1) is 10.4 Å². The second kappa shape index (κ2) is 10.7. The molecule has 0 fully saturated rings. The minimum Gasteiger partial charge on any atom is -0.762 e. The van der Waals surface area contributed by atoms with Crippen molar-refractivity contribution in [3.05, 3.63) is 106 Å². The van der Waals surface area contributed by atoms with Crippen molar-refractivity contribution in [2.75, 3.05) is 23.7 Å². The Morgan fingerprint density at radius 3 is 1.40 bits per heavy atom. The van der Waals surface area contributed by atoms with Crippen molar-refractivity contribution >= 4 is 11.4 Å². The van der Waals surface area contributed by atoms with Crippen LogP contribution in [0.4, 0.5) is 11.4 Å². The topological polar surface area (TPSA) is 117 Å². The number of rotatable bonds is 10. The van der Waals surface area contributed by atoms with Crippen molar-refractivity contribution in [1.82, 2.24) is 10.5 Å². The molecular formula is C22H24N4O4-2. The smallest absolute Gasteiger partial charge is 0.0653 e. The minimum atomic E-state index is -0.496. The van der Waals surface area contributed by atoms with Crippen molar-refractivity contribution in [2.24, 2.45) is 0 Å². The third-order valence-electron chi connectivity index (χ3n) is 4.62. The van der Waals surface area contributed by atoms with E-state index in [0.717, 1.165) is 22.5 Å². The molecule has 0 bridgehead atoms. The molecule has 4 N–H and O–H groups in total. The van der Waals surface area contributed by atoms with Crippen LogP contribution in [0.3, 0.4) is 0 Å². The fraction of sp³-hybridized carbons (Fsp3) is 0.182. The molecule has 0 radical (unpaired) electrons. The third kappa shape index (κ3) is 6.53. The first-order valence-corrected chi connectivity index (χ1v) is 9.51. The van der Waals surface area contributed by atoms with Crippen LogP contribution in [0.2, 0.25) is 0 Å². The van der Waals surface area contributed by atoms with Gasteiger partial charge < -0.3 is 31.5 Å². The Hall–Kier alpha value is -2.98. The molecule has 0 aliphatic carbocycles. The van der Waals surface area contributed by atoms with Crippen LogP contribution in [0.5, 0.6) is 0 Å². The number of para-hydroxylation sites is 2. The Balaban J connectivity index is 1.87. The van der Waals surface area contributed by atoms with E-state index in [0.29, 0.717) is 0 Å². The van der Waals surface area contributed by atoms with E-state index < -0.39 is 12.1 Å². The van der Waals surface area contributed by atoms with Crippen LogP contribution in [0.1, 0.15) is 23.2 Å². The first-order valence-electron chi connectivity index (χ1n) is 9.51. The largest absolute Gasteiger partial charge is 0.762 e. The van der Waals surface area contributed by atoms with Crippen molar-refractivity contribution in [2.45, 2.75) is 12.1 Å². The van der Waals surface area contributed by atoms with Gasteiger partial charge in [-0.3, -0.25) is 10.5 Å². The SMILES string of the molecule is [O-]N(O)C[C@H](Nc1ccccc1)c1cccc([C@@H](CN([O-])O)Nc2ccccc2)c1. The summed E-state index contributed by atoms with van der Waals surface area (Å²) in [5.41, 5.74) is 3.10. The lowest BCUT2D eigenvalue weighted by Gasteiger charge is -2.30. The summed E-state index contributed by atoms with van der Waals surface area (Å²) in [4.78, 5) is 0. The molecule has 3 aromatic rings. The summed E-state index contributed by atoms with van der Waals surface area (Å²) >= 11 is 0. The average Bonchev–Trinajstić information content (AvgIpc) is 2.74. The summed E-state index contributed by atoms with van der Waals surface area (Å²) in [6.07, 6.45) is 0. The molecule has 158 valence electrons. The standard InChI is InChI=1S/C22H24N4O4/c27-25(28)15-21(23-19-10-3-1-4-11-19)17-8-7-9-18(14-17)22(16-26(29)30)24-20-12-5-2-6-13-20/h1-14,21-24,27,29H,15-16H2/q-2/t21-,22+. The molecule has 0 aromatic heterocycles. The molecule has 3 aromatic carbocycles. The van der Waals surface area contributed by atoms with Crippen LogP contribution in [0.25, 0.3) is 0 Å². The van der Waals surface area contributed by atoms with Crippen molar-refractivity contribution in [3.63, 3.8) is 0 Å². The summed E-state index contributed by atoms with van der Waals surface area (Å²) < 4.78 is 0. The molecule has 0 saturated heterocycles. The molecule has 8 nitrogen and oxygen atoms in total. The average molecular weight is 408 g/mol. The molecule has 30 heavy (non-hydrogen) atoms. The summed E-state index contributed by atoms with van der Waals surface area (Å²) in [6, 6.07) is 25.0. The lowest BCUT2D eigenvalue weighted by molar-refractivity contribution is -0.0436. The lowest BCUT2D eigenvalue weighted by Crippen LogP contribution is -2.27. The highest BCUT2D eigenvalue weighted by atomic mass is 16.8. The molecule has 8 heteroatoms. The Kier molecular flexibility index (Phi) is 7.75. The Morgan fingerprint density at radius 1 is 0.633 bits per heavy atom. The lowest BCUT2D eigenvalue weighted by atomic mass is 9.99. The number of benzene rings is 3. The zero-order valence-corrected chi connectivity index (χ0v) is 16.3. The van der Waals surface area contributed by atoms with Gasteiger partial charge in [0, 0.05) is 24.5 Å². The van der Waals surface area contributed by atoms with E-state index in [4.69, 9.17) is 0 Å². The van der Waals surface area contributed by atoms with Gasteiger partial charge in [-0.15, -0.1) is 0 Å². The number of hydrogen-bond donors (Lipinski definition) is 4. The Labute approximate surface area is 175 Å². The van der Waals surface area contributed by atoms with Crippen molar-refractivity contribution < 1.29 is 10.4 Å². The number of hydrogen-bond acceptors (Lipinski definition) is 8. The van der Waals surface area contributed by atoms with E-state index in [1.807, 2.05) is 84.9 Å². The predicted octanol–water partition coefficient (Wildman–Crippen LogP) is 4.37. The van der Waals surface area contributed by atoms with E-state index in [9.17, 15) is 20.8 Å². The summed E-state index contributed by atoms with van der Waals surface area (Å²) in [5.74, 6) is 0.